The average Bonchev–Trinajstić information content (AvgIpc) is 3.25. The Balaban J connectivity index is 1.67. The molecule has 2 saturated heterocycles. The van der Waals surface area contributed by atoms with Crippen molar-refractivity contribution < 1.29 is 14.1 Å². The second-order valence-corrected chi connectivity index (χ2v) is 6.87. The minimum Gasteiger partial charge on any atom is -0.338 e. The Morgan fingerprint density at radius 3 is 2.67 bits per heavy atom. The number of hydrogen-bond donors (Lipinski definition) is 1. The van der Waals surface area contributed by atoms with E-state index in [1.54, 1.807) is 13.0 Å². The van der Waals surface area contributed by atoms with Gasteiger partial charge in [-0.15, -0.1) is 0 Å². The highest BCUT2D eigenvalue weighted by atomic mass is 16.5. The third kappa shape index (κ3) is 3.31. The van der Waals surface area contributed by atoms with E-state index >= 15 is 0 Å². The fourth-order valence-electron chi connectivity index (χ4n) is 4.09. The molecule has 2 fully saturated rings. The molecule has 7 heteroatoms. The Morgan fingerprint density at radius 2 is 2.00 bits per heavy atom. The van der Waals surface area contributed by atoms with Crippen LogP contribution in [0.2, 0.25) is 0 Å². The third-order valence-electron chi connectivity index (χ3n) is 5.24. The van der Waals surface area contributed by atoms with Gasteiger partial charge in [-0.3, -0.25) is 19.8 Å². The van der Waals surface area contributed by atoms with Crippen LogP contribution in [0.25, 0.3) is 0 Å². The lowest BCUT2D eigenvalue weighted by Crippen LogP contribution is -2.52. The molecule has 3 atom stereocenters. The minimum atomic E-state index is -0.266. The van der Waals surface area contributed by atoms with Gasteiger partial charge in [-0.1, -0.05) is 5.16 Å². The number of carbonyl (C=O) groups is 2. The Labute approximate surface area is 142 Å². The topological polar surface area (TPSA) is 78.7 Å². The van der Waals surface area contributed by atoms with Gasteiger partial charge in [0.25, 0.3) is 0 Å². The Bertz CT molecular complexity index is 615. The minimum absolute atomic E-state index is 0.0922. The van der Waals surface area contributed by atoms with E-state index in [9.17, 15) is 9.59 Å². The summed E-state index contributed by atoms with van der Waals surface area (Å²) in [4.78, 5) is 28.7. The molecule has 1 aromatic heterocycles. The molecule has 3 heterocycles. The second-order valence-electron chi connectivity index (χ2n) is 6.87. The number of nitrogens with zero attached hydrogens (tertiary/aromatic N) is 3. The van der Waals surface area contributed by atoms with Crippen molar-refractivity contribution in [3.8, 4) is 0 Å². The van der Waals surface area contributed by atoms with Crippen LogP contribution >= 0.6 is 0 Å². The van der Waals surface area contributed by atoms with E-state index in [-0.39, 0.29) is 29.9 Å². The molecule has 0 aliphatic carbocycles. The van der Waals surface area contributed by atoms with Crippen LogP contribution in [-0.2, 0) is 9.59 Å². The molecule has 0 aromatic carbocycles. The van der Waals surface area contributed by atoms with Crippen LogP contribution in [0.15, 0.2) is 10.6 Å². The standard InChI is InChI=1S/C17H26N4O3/c1-11-10-16(24-19-11)18-17(23)12(2)20-8-4-6-14(20)15-7-5-9-21(15)13(3)22/h10,12,14-15H,4-9H2,1-3H3,(H,18,23). The number of nitrogens with one attached hydrogen (secondary N) is 1. The number of carbonyl (C=O) groups excluding carboxylic acids is 2. The largest absolute Gasteiger partial charge is 0.338 e. The lowest BCUT2D eigenvalue weighted by Gasteiger charge is -2.37. The predicted molar refractivity (Wildman–Crippen MR) is 89.5 cm³/mol. The van der Waals surface area contributed by atoms with E-state index < -0.39 is 0 Å². The molecule has 24 heavy (non-hydrogen) atoms. The van der Waals surface area contributed by atoms with Gasteiger partial charge in [0.05, 0.1) is 11.7 Å². The first-order chi connectivity index (χ1) is 11.5. The zero-order valence-corrected chi connectivity index (χ0v) is 14.6. The molecular formula is C17H26N4O3. The van der Waals surface area contributed by atoms with Crippen LogP contribution in [0.3, 0.4) is 0 Å². The van der Waals surface area contributed by atoms with Gasteiger partial charge in [0.15, 0.2) is 0 Å². The summed E-state index contributed by atoms with van der Waals surface area (Å²) in [5.41, 5.74) is 0.736. The number of aromatic nitrogens is 1. The highest BCUT2D eigenvalue weighted by Gasteiger charge is 2.41. The van der Waals surface area contributed by atoms with Crippen molar-refractivity contribution in [2.45, 2.75) is 64.6 Å². The van der Waals surface area contributed by atoms with E-state index in [4.69, 9.17) is 4.52 Å². The van der Waals surface area contributed by atoms with Crippen molar-refractivity contribution >= 4 is 17.7 Å². The smallest absolute Gasteiger partial charge is 0.243 e. The Morgan fingerprint density at radius 1 is 1.29 bits per heavy atom. The summed E-state index contributed by atoms with van der Waals surface area (Å²) >= 11 is 0. The van der Waals surface area contributed by atoms with E-state index in [0.29, 0.717) is 5.88 Å². The molecular weight excluding hydrogens is 308 g/mol. The van der Waals surface area contributed by atoms with Gasteiger partial charge in [-0.2, -0.15) is 0 Å². The highest BCUT2D eigenvalue weighted by Crippen LogP contribution is 2.31. The van der Waals surface area contributed by atoms with E-state index in [2.05, 4.69) is 15.4 Å². The molecule has 0 saturated carbocycles. The number of amides is 2. The summed E-state index contributed by atoms with van der Waals surface area (Å²) in [6.07, 6.45) is 4.17. The molecule has 3 rings (SSSR count). The zero-order chi connectivity index (χ0) is 17.3. The van der Waals surface area contributed by atoms with Crippen molar-refractivity contribution in [1.29, 1.82) is 0 Å². The first kappa shape index (κ1) is 17.0. The fraction of sp³-hybridized carbons (Fsp3) is 0.706. The number of rotatable bonds is 4. The van der Waals surface area contributed by atoms with Gasteiger partial charge in [0, 0.05) is 31.6 Å². The quantitative estimate of drug-likeness (QED) is 0.908. The molecule has 0 spiro atoms. The van der Waals surface area contributed by atoms with Crippen LogP contribution in [0.5, 0.6) is 0 Å². The molecule has 1 aromatic rings. The maximum absolute atomic E-state index is 12.6. The van der Waals surface area contributed by atoms with Crippen molar-refractivity contribution in [1.82, 2.24) is 15.0 Å². The zero-order valence-electron chi connectivity index (χ0n) is 14.6. The van der Waals surface area contributed by atoms with Crippen molar-refractivity contribution in [3.63, 3.8) is 0 Å². The maximum atomic E-state index is 12.6. The van der Waals surface area contributed by atoms with Crippen molar-refractivity contribution in [2.75, 3.05) is 18.4 Å². The molecule has 0 bridgehead atoms. The monoisotopic (exact) mass is 334 g/mol. The van der Waals surface area contributed by atoms with Gasteiger partial charge in [0.1, 0.15) is 0 Å². The average molecular weight is 334 g/mol. The van der Waals surface area contributed by atoms with Crippen LogP contribution in [0, 0.1) is 6.92 Å². The first-order valence-electron chi connectivity index (χ1n) is 8.74. The number of hydrogen-bond acceptors (Lipinski definition) is 5. The number of anilines is 1. The molecule has 2 aliphatic rings. The van der Waals surface area contributed by atoms with Gasteiger partial charge >= 0.3 is 0 Å². The molecule has 2 amide bonds. The van der Waals surface area contributed by atoms with Crippen LogP contribution in [0.4, 0.5) is 5.88 Å². The van der Waals surface area contributed by atoms with Gasteiger partial charge in [-0.25, -0.2) is 0 Å². The highest BCUT2D eigenvalue weighted by molar-refractivity contribution is 5.93. The molecule has 132 valence electrons. The lowest BCUT2D eigenvalue weighted by atomic mass is 10.0. The van der Waals surface area contributed by atoms with E-state index in [1.807, 2.05) is 18.7 Å². The molecule has 1 N–H and O–H groups in total. The van der Waals surface area contributed by atoms with Crippen molar-refractivity contribution in [2.24, 2.45) is 0 Å². The summed E-state index contributed by atoms with van der Waals surface area (Å²) in [5, 5.41) is 6.58. The fourth-order valence-corrected chi connectivity index (χ4v) is 4.09. The molecule has 7 nitrogen and oxygen atoms in total. The van der Waals surface area contributed by atoms with Gasteiger partial charge in [-0.05, 0) is 46.1 Å². The second kappa shape index (κ2) is 6.93. The van der Waals surface area contributed by atoms with Crippen molar-refractivity contribution in [3.05, 3.63) is 11.8 Å². The Kier molecular flexibility index (Phi) is 4.89. The van der Waals surface area contributed by atoms with E-state index in [0.717, 1.165) is 44.5 Å². The summed E-state index contributed by atoms with van der Waals surface area (Å²) in [6.45, 7) is 7.10. The van der Waals surface area contributed by atoms with E-state index in [1.165, 1.54) is 0 Å². The van der Waals surface area contributed by atoms with Gasteiger partial charge in [0.2, 0.25) is 17.7 Å². The molecule has 3 unspecified atom stereocenters. The summed E-state index contributed by atoms with van der Waals surface area (Å²) in [5.74, 6) is 0.426. The van der Waals surface area contributed by atoms with Crippen LogP contribution in [0.1, 0.15) is 45.2 Å². The third-order valence-corrected chi connectivity index (χ3v) is 5.24. The lowest BCUT2D eigenvalue weighted by molar-refractivity contribution is -0.131. The summed E-state index contributed by atoms with van der Waals surface area (Å²) < 4.78 is 5.07. The predicted octanol–water partition coefficient (Wildman–Crippen LogP) is 1.79. The number of aryl methyl sites for hydroxylation is 1. The SMILES string of the molecule is CC(=O)N1CCCC1C1CCCN1C(C)C(=O)Nc1cc(C)no1. The number of likely N-dealkylation sites (tertiary alicyclic amines) is 2. The Hall–Kier alpha value is -1.89. The van der Waals surface area contributed by atoms with Crippen LogP contribution in [-0.4, -0.2) is 58.0 Å². The molecule has 2 aliphatic heterocycles. The first-order valence-corrected chi connectivity index (χ1v) is 8.74. The normalized spacial score (nSPS) is 25.9. The maximum Gasteiger partial charge on any atom is 0.243 e. The van der Waals surface area contributed by atoms with Crippen LogP contribution < -0.4 is 5.32 Å². The van der Waals surface area contributed by atoms with Gasteiger partial charge < -0.3 is 9.42 Å². The summed E-state index contributed by atoms with van der Waals surface area (Å²) in [7, 11) is 0. The summed E-state index contributed by atoms with van der Waals surface area (Å²) in [6, 6.07) is 1.93. The molecule has 0 radical (unpaired) electrons.